The predicted octanol–water partition coefficient (Wildman–Crippen LogP) is -0.473. The number of hydrogen-bond donors (Lipinski definition) is 4. The Morgan fingerprint density at radius 3 is 2.33 bits per heavy atom. The number of carboxylic acids is 1. The van der Waals surface area contributed by atoms with Gasteiger partial charge in [-0.05, 0) is 0 Å². The zero-order valence-corrected chi connectivity index (χ0v) is 6.06. The zero-order valence-electron chi connectivity index (χ0n) is 6.06. The first-order chi connectivity index (χ1) is 5.61. The first kappa shape index (κ1) is 8.25. The maximum atomic E-state index is 10.1. The molecule has 1 rings (SSSR count). The van der Waals surface area contributed by atoms with Crippen molar-refractivity contribution in [2.45, 2.75) is 0 Å². The first-order valence-electron chi connectivity index (χ1n) is 3.16. The molecule has 0 aliphatic rings. The van der Waals surface area contributed by atoms with Crippen LogP contribution in [0.5, 0.6) is 11.8 Å². The largest absolute Gasteiger partial charge is 0.493 e. The summed E-state index contributed by atoms with van der Waals surface area (Å²) in [5, 5.41) is 26.2. The molecule has 0 aliphatic carbocycles. The number of carboxylic acid groups (broad SMARTS) is 1. The lowest BCUT2D eigenvalue weighted by Gasteiger charge is -2.06. The van der Waals surface area contributed by atoms with Crippen LogP contribution in [0.25, 0.3) is 0 Å². The maximum Gasteiger partial charge on any atom is 0.324 e. The Hall–Kier alpha value is -1.85. The molecule has 0 amide bonds. The van der Waals surface area contributed by atoms with Crippen LogP contribution in [0.2, 0.25) is 0 Å². The summed E-state index contributed by atoms with van der Waals surface area (Å²) in [5.74, 6) is -1.56. The minimum atomic E-state index is -1.08. The van der Waals surface area contributed by atoms with Crippen LogP contribution in [0.1, 0.15) is 0 Å². The standard InChI is InChI=1S/C6H8N2O4/c9-4-1-2-5(10)8(4)7-3-6(11)12/h1-2,7,9-10H,3H2,(H,11,12). The fraction of sp³-hybridized carbons (Fsp3) is 0.167. The Balaban J connectivity index is 2.68. The van der Waals surface area contributed by atoms with Gasteiger partial charge in [-0.2, -0.15) is 4.68 Å². The van der Waals surface area contributed by atoms with Crippen molar-refractivity contribution >= 4 is 5.97 Å². The van der Waals surface area contributed by atoms with Gasteiger partial charge >= 0.3 is 5.97 Å². The Kier molecular flexibility index (Phi) is 2.09. The van der Waals surface area contributed by atoms with Crippen LogP contribution >= 0.6 is 0 Å². The summed E-state index contributed by atoms with van der Waals surface area (Å²) in [6.07, 6.45) is 0. The van der Waals surface area contributed by atoms with Gasteiger partial charge in [-0.3, -0.25) is 4.79 Å². The Morgan fingerprint density at radius 2 is 1.92 bits per heavy atom. The van der Waals surface area contributed by atoms with Gasteiger partial charge in [0.25, 0.3) is 0 Å². The van der Waals surface area contributed by atoms with Crippen LogP contribution in [-0.4, -0.2) is 32.5 Å². The third kappa shape index (κ3) is 1.60. The average Bonchev–Trinajstić information content (AvgIpc) is 2.28. The van der Waals surface area contributed by atoms with Crippen molar-refractivity contribution in [1.82, 2.24) is 4.68 Å². The van der Waals surface area contributed by atoms with Gasteiger partial charge in [-0.1, -0.05) is 0 Å². The third-order valence-corrected chi connectivity index (χ3v) is 1.23. The number of aromatic nitrogens is 1. The lowest BCUT2D eigenvalue weighted by molar-refractivity contribution is -0.135. The number of nitrogens with zero attached hydrogens (tertiary/aromatic N) is 1. The second kappa shape index (κ2) is 3.04. The second-order valence-corrected chi connectivity index (χ2v) is 2.11. The van der Waals surface area contributed by atoms with Crippen LogP contribution in [0.4, 0.5) is 0 Å². The van der Waals surface area contributed by atoms with Crippen molar-refractivity contribution < 1.29 is 20.1 Å². The number of carbonyl (C=O) groups is 1. The minimum absolute atomic E-state index is 0.242. The van der Waals surface area contributed by atoms with Crippen molar-refractivity contribution in [2.75, 3.05) is 12.0 Å². The SMILES string of the molecule is O=C(O)CNn1c(O)ccc1O. The topological polar surface area (TPSA) is 94.7 Å². The number of aliphatic carboxylic acids is 1. The summed E-state index contributed by atoms with van der Waals surface area (Å²) >= 11 is 0. The van der Waals surface area contributed by atoms with E-state index in [-0.39, 0.29) is 18.3 Å². The molecule has 0 bridgehead atoms. The van der Waals surface area contributed by atoms with Crippen LogP contribution in [0.3, 0.4) is 0 Å². The van der Waals surface area contributed by atoms with Gasteiger partial charge < -0.3 is 20.7 Å². The van der Waals surface area contributed by atoms with Crippen LogP contribution < -0.4 is 5.43 Å². The van der Waals surface area contributed by atoms with Gasteiger partial charge in [0.1, 0.15) is 6.54 Å². The summed E-state index contributed by atoms with van der Waals surface area (Å²) in [7, 11) is 0. The van der Waals surface area contributed by atoms with E-state index in [0.29, 0.717) is 0 Å². The predicted molar refractivity (Wildman–Crippen MR) is 39.6 cm³/mol. The van der Waals surface area contributed by atoms with E-state index in [2.05, 4.69) is 5.43 Å². The molecule has 1 aromatic rings. The minimum Gasteiger partial charge on any atom is -0.493 e. The summed E-state index contributed by atoms with van der Waals surface area (Å²) in [5.41, 5.74) is 2.28. The monoisotopic (exact) mass is 172 g/mol. The number of hydrogen-bond acceptors (Lipinski definition) is 4. The Morgan fingerprint density at radius 1 is 1.42 bits per heavy atom. The summed E-state index contributed by atoms with van der Waals surface area (Å²) in [6, 6.07) is 2.48. The van der Waals surface area contributed by atoms with E-state index in [1.165, 1.54) is 12.1 Å². The molecule has 0 fully saturated rings. The van der Waals surface area contributed by atoms with Crippen molar-refractivity contribution in [2.24, 2.45) is 0 Å². The average molecular weight is 172 g/mol. The highest BCUT2D eigenvalue weighted by Crippen LogP contribution is 2.17. The molecule has 1 heterocycles. The van der Waals surface area contributed by atoms with Crippen LogP contribution in [-0.2, 0) is 4.79 Å². The Labute approximate surface area is 67.6 Å². The molecule has 0 saturated carbocycles. The molecule has 0 aliphatic heterocycles. The van der Waals surface area contributed by atoms with E-state index >= 15 is 0 Å². The molecule has 66 valence electrons. The third-order valence-electron chi connectivity index (χ3n) is 1.23. The van der Waals surface area contributed by atoms with E-state index in [4.69, 9.17) is 15.3 Å². The fourth-order valence-electron chi connectivity index (χ4n) is 0.724. The summed E-state index contributed by atoms with van der Waals surface area (Å²) in [4.78, 5) is 10.1. The molecular weight excluding hydrogens is 164 g/mol. The van der Waals surface area contributed by atoms with Gasteiger partial charge in [0.15, 0.2) is 0 Å². The van der Waals surface area contributed by atoms with E-state index in [9.17, 15) is 4.79 Å². The van der Waals surface area contributed by atoms with E-state index < -0.39 is 5.97 Å². The lowest BCUT2D eigenvalue weighted by Crippen LogP contribution is -2.21. The molecule has 6 heteroatoms. The highest BCUT2D eigenvalue weighted by molar-refractivity contribution is 5.70. The van der Waals surface area contributed by atoms with E-state index in [1.54, 1.807) is 0 Å². The Bertz CT molecular complexity index is 274. The second-order valence-electron chi connectivity index (χ2n) is 2.11. The molecule has 12 heavy (non-hydrogen) atoms. The summed E-state index contributed by atoms with van der Waals surface area (Å²) in [6.45, 7) is -0.379. The molecule has 0 unspecified atom stereocenters. The van der Waals surface area contributed by atoms with Crippen molar-refractivity contribution in [1.29, 1.82) is 0 Å². The zero-order chi connectivity index (χ0) is 9.14. The van der Waals surface area contributed by atoms with Crippen molar-refractivity contribution in [3.05, 3.63) is 12.1 Å². The molecule has 6 nitrogen and oxygen atoms in total. The van der Waals surface area contributed by atoms with E-state index in [1.807, 2.05) is 0 Å². The molecule has 0 aromatic carbocycles. The number of rotatable bonds is 3. The molecule has 1 aromatic heterocycles. The van der Waals surface area contributed by atoms with Gasteiger partial charge in [0.2, 0.25) is 11.8 Å². The molecule has 4 N–H and O–H groups in total. The van der Waals surface area contributed by atoms with Crippen molar-refractivity contribution in [3.63, 3.8) is 0 Å². The van der Waals surface area contributed by atoms with Crippen LogP contribution in [0, 0.1) is 0 Å². The smallest absolute Gasteiger partial charge is 0.324 e. The van der Waals surface area contributed by atoms with Gasteiger partial charge in [0.05, 0.1) is 0 Å². The number of nitrogens with one attached hydrogen (secondary N) is 1. The van der Waals surface area contributed by atoms with Gasteiger partial charge in [0, 0.05) is 12.1 Å². The maximum absolute atomic E-state index is 10.1. The van der Waals surface area contributed by atoms with Crippen LogP contribution in [0.15, 0.2) is 12.1 Å². The fourth-order valence-corrected chi connectivity index (χ4v) is 0.724. The van der Waals surface area contributed by atoms with Gasteiger partial charge in [-0.15, -0.1) is 0 Å². The number of aromatic hydroxyl groups is 2. The molecule has 0 spiro atoms. The van der Waals surface area contributed by atoms with Gasteiger partial charge in [-0.25, -0.2) is 0 Å². The molecule has 0 radical (unpaired) electrons. The quantitative estimate of drug-likeness (QED) is 0.494. The lowest BCUT2D eigenvalue weighted by atomic mass is 10.6. The molecular formula is C6H8N2O4. The normalized spacial score (nSPS) is 9.67. The molecule has 0 atom stereocenters. The van der Waals surface area contributed by atoms with E-state index in [0.717, 1.165) is 4.68 Å². The highest BCUT2D eigenvalue weighted by Gasteiger charge is 2.05. The highest BCUT2D eigenvalue weighted by atomic mass is 16.4. The van der Waals surface area contributed by atoms with Crippen molar-refractivity contribution in [3.8, 4) is 11.8 Å². The molecule has 0 saturated heterocycles. The first-order valence-corrected chi connectivity index (χ1v) is 3.16. The summed E-state index contributed by atoms with van der Waals surface area (Å²) < 4.78 is 0.869.